The van der Waals surface area contributed by atoms with E-state index in [2.05, 4.69) is 46.8 Å². The second-order valence-electron chi connectivity index (χ2n) is 8.37. The van der Waals surface area contributed by atoms with E-state index in [1.807, 2.05) is 31.2 Å². The lowest BCUT2D eigenvalue weighted by Gasteiger charge is -2.13. The van der Waals surface area contributed by atoms with Crippen molar-refractivity contribution < 1.29 is 14.3 Å². The molecule has 0 saturated carbocycles. The topological polar surface area (TPSA) is 90.3 Å². The molecular formula is C26H27N5O3S. The van der Waals surface area contributed by atoms with E-state index in [0.717, 1.165) is 22.5 Å². The van der Waals surface area contributed by atoms with Gasteiger partial charge < -0.3 is 14.8 Å². The number of nitrogens with one attached hydrogen (secondary N) is 2. The van der Waals surface area contributed by atoms with E-state index in [-0.39, 0.29) is 11.0 Å². The number of aromatic nitrogens is 3. The molecule has 0 bridgehead atoms. The van der Waals surface area contributed by atoms with Crippen LogP contribution in [0.15, 0.2) is 54.6 Å². The summed E-state index contributed by atoms with van der Waals surface area (Å²) in [6.07, 6.45) is 0. The van der Waals surface area contributed by atoms with Gasteiger partial charge in [0.2, 0.25) is 0 Å². The van der Waals surface area contributed by atoms with Crippen molar-refractivity contribution in [2.24, 2.45) is 0 Å². The van der Waals surface area contributed by atoms with E-state index in [1.165, 1.54) is 19.8 Å². The first kappa shape index (κ1) is 24.2. The second kappa shape index (κ2) is 10.1. The maximum Gasteiger partial charge on any atom is 0.257 e. The van der Waals surface area contributed by atoms with Crippen molar-refractivity contribution >= 4 is 40.0 Å². The first-order valence-corrected chi connectivity index (χ1v) is 11.5. The van der Waals surface area contributed by atoms with Crippen LogP contribution in [0.2, 0.25) is 0 Å². The summed E-state index contributed by atoms with van der Waals surface area (Å²) in [5.74, 6) is 1.10. The lowest BCUT2D eigenvalue weighted by Crippen LogP contribution is -2.34. The minimum absolute atomic E-state index is 0.170. The van der Waals surface area contributed by atoms with E-state index in [4.69, 9.17) is 21.7 Å². The zero-order valence-electron chi connectivity index (χ0n) is 20.2. The molecule has 4 aromatic rings. The quantitative estimate of drug-likeness (QED) is 0.369. The maximum absolute atomic E-state index is 12.7. The molecular weight excluding hydrogens is 462 g/mol. The summed E-state index contributed by atoms with van der Waals surface area (Å²) in [4.78, 5) is 14.3. The van der Waals surface area contributed by atoms with Crippen LogP contribution in [0.25, 0.3) is 16.7 Å². The summed E-state index contributed by atoms with van der Waals surface area (Å²) in [6.45, 7) is 6.26. The highest BCUT2D eigenvalue weighted by molar-refractivity contribution is 7.80. The first-order valence-electron chi connectivity index (χ1n) is 11.1. The molecule has 4 rings (SSSR count). The molecule has 0 aliphatic rings. The molecule has 0 atom stereocenters. The Labute approximate surface area is 209 Å². The number of fused-ring (bicyclic) bond motifs is 1. The summed E-state index contributed by atoms with van der Waals surface area (Å²) in [5.41, 5.74) is 5.67. The van der Waals surface area contributed by atoms with Gasteiger partial charge in [0.15, 0.2) is 16.6 Å². The van der Waals surface area contributed by atoms with E-state index in [9.17, 15) is 4.79 Å². The van der Waals surface area contributed by atoms with Crippen LogP contribution in [-0.2, 0) is 0 Å². The maximum atomic E-state index is 12.7. The monoisotopic (exact) mass is 489 g/mol. The molecule has 0 saturated heterocycles. The molecule has 1 aromatic heterocycles. The Morgan fingerprint density at radius 2 is 1.60 bits per heavy atom. The summed E-state index contributed by atoms with van der Waals surface area (Å²) in [7, 11) is 3.05. The molecule has 8 nitrogen and oxygen atoms in total. The number of nitrogens with zero attached hydrogens (tertiary/aromatic N) is 3. The number of ether oxygens (including phenoxy) is 2. The van der Waals surface area contributed by atoms with Crippen LogP contribution >= 0.6 is 12.2 Å². The van der Waals surface area contributed by atoms with Gasteiger partial charge in [0.25, 0.3) is 5.91 Å². The van der Waals surface area contributed by atoms with Gasteiger partial charge in [-0.2, -0.15) is 4.80 Å². The summed E-state index contributed by atoms with van der Waals surface area (Å²) < 4.78 is 10.5. The Balaban J connectivity index is 1.50. The Kier molecular flexibility index (Phi) is 6.97. The van der Waals surface area contributed by atoms with Gasteiger partial charge in [0.05, 0.1) is 19.9 Å². The molecule has 0 radical (unpaired) electrons. The van der Waals surface area contributed by atoms with Gasteiger partial charge in [0.1, 0.15) is 11.0 Å². The van der Waals surface area contributed by atoms with Crippen molar-refractivity contribution in [1.29, 1.82) is 0 Å². The fraction of sp³-hybridized carbons (Fsp3) is 0.231. The third kappa shape index (κ3) is 5.25. The third-order valence-electron chi connectivity index (χ3n) is 5.64. The number of carbonyl (C=O) groups excluding carboxylic acids is 1. The molecule has 9 heteroatoms. The van der Waals surface area contributed by atoms with Crippen molar-refractivity contribution in [3.63, 3.8) is 0 Å². The zero-order valence-corrected chi connectivity index (χ0v) is 21.1. The van der Waals surface area contributed by atoms with Crippen molar-refractivity contribution in [2.75, 3.05) is 19.5 Å². The van der Waals surface area contributed by atoms with Crippen molar-refractivity contribution in [3.8, 4) is 17.2 Å². The number of carbonyl (C=O) groups is 1. The largest absolute Gasteiger partial charge is 0.493 e. The first-order chi connectivity index (χ1) is 16.8. The minimum Gasteiger partial charge on any atom is -0.493 e. The number of anilines is 1. The van der Waals surface area contributed by atoms with Gasteiger partial charge in [-0.05, 0) is 78.7 Å². The van der Waals surface area contributed by atoms with Gasteiger partial charge in [-0.3, -0.25) is 10.1 Å². The Morgan fingerprint density at radius 3 is 2.23 bits per heavy atom. The SMILES string of the molecule is COc1ccc(C(=O)NC(=S)Nc2cc3nn(-c4ccc(C(C)C)cc4)nc3cc2C)cc1OC. The summed E-state index contributed by atoms with van der Waals surface area (Å²) in [6, 6.07) is 16.9. The molecule has 1 amide bonds. The Hall–Kier alpha value is -3.98. The highest BCUT2D eigenvalue weighted by Gasteiger charge is 2.14. The predicted octanol–water partition coefficient (Wildman–Crippen LogP) is 5.00. The van der Waals surface area contributed by atoms with Crippen LogP contribution in [0.1, 0.15) is 41.3 Å². The number of aryl methyl sites for hydroxylation is 1. The van der Waals surface area contributed by atoms with Crippen molar-refractivity contribution in [2.45, 2.75) is 26.7 Å². The van der Waals surface area contributed by atoms with Crippen molar-refractivity contribution in [1.82, 2.24) is 20.3 Å². The number of methoxy groups -OCH3 is 2. The normalized spacial score (nSPS) is 10.9. The third-order valence-corrected chi connectivity index (χ3v) is 5.84. The number of hydrogen-bond acceptors (Lipinski definition) is 6. The highest BCUT2D eigenvalue weighted by atomic mass is 32.1. The average Bonchev–Trinajstić information content (AvgIpc) is 3.26. The van der Waals surface area contributed by atoms with Gasteiger partial charge in [-0.25, -0.2) is 0 Å². The molecule has 2 N–H and O–H groups in total. The number of thiocarbonyl (C=S) groups is 1. The minimum atomic E-state index is -0.363. The highest BCUT2D eigenvalue weighted by Crippen LogP contribution is 2.27. The summed E-state index contributed by atoms with van der Waals surface area (Å²) in [5, 5.41) is 15.2. The smallest absolute Gasteiger partial charge is 0.257 e. The van der Waals surface area contributed by atoms with Crippen LogP contribution in [0.3, 0.4) is 0 Å². The van der Waals surface area contributed by atoms with E-state index < -0.39 is 0 Å². The van der Waals surface area contributed by atoms with Gasteiger partial charge in [0, 0.05) is 11.3 Å². The van der Waals surface area contributed by atoms with E-state index >= 15 is 0 Å². The standard InChI is InChI=1S/C26H27N5O3S/c1-15(2)17-6-9-19(10-7-17)31-29-21-12-16(3)20(14-22(21)30-31)27-26(35)28-25(32)18-8-11-23(33-4)24(13-18)34-5/h6-15H,1-5H3,(H2,27,28,32,35). The molecule has 0 aliphatic heterocycles. The Morgan fingerprint density at radius 1 is 0.943 bits per heavy atom. The van der Waals surface area contributed by atoms with Crippen molar-refractivity contribution in [3.05, 3.63) is 71.3 Å². The lowest BCUT2D eigenvalue weighted by atomic mass is 10.0. The number of amides is 1. The van der Waals surface area contributed by atoms with Gasteiger partial charge >= 0.3 is 0 Å². The molecule has 35 heavy (non-hydrogen) atoms. The second-order valence-corrected chi connectivity index (χ2v) is 8.78. The van der Waals surface area contributed by atoms with Crippen LogP contribution in [0.5, 0.6) is 11.5 Å². The predicted molar refractivity (Wildman–Crippen MR) is 141 cm³/mol. The van der Waals surface area contributed by atoms with Gasteiger partial charge in [-0.15, -0.1) is 10.2 Å². The average molecular weight is 490 g/mol. The summed E-state index contributed by atoms with van der Waals surface area (Å²) >= 11 is 5.38. The number of hydrogen-bond donors (Lipinski definition) is 2. The van der Waals surface area contributed by atoms with E-state index in [1.54, 1.807) is 23.0 Å². The molecule has 0 fully saturated rings. The van der Waals surface area contributed by atoms with Crippen LogP contribution in [0.4, 0.5) is 5.69 Å². The fourth-order valence-electron chi connectivity index (χ4n) is 3.62. The molecule has 180 valence electrons. The fourth-order valence-corrected chi connectivity index (χ4v) is 3.82. The van der Waals surface area contributed by atoms with Crippen LogP contribution in [-0.4, -0.2) is 40.2 Å². The molecule has 3 aromatic carbocycles. The molecule has 0 unspecified atom stereocenters. The number of rotatable bonds is 6. The lowest BCUT2D eigenvalue weighted by molar-refractivity contribution is 0.0977. The molecule has 0 aliphatic carbocycles. The van der Waals surface area contributed by atoms with Gasteiger partial charge in [-0.1, -0.05) is 26.0 Å². The zero-order chi connectivity index (χ0) is 25.1. The molecule has 0 spiro atoms. The van der Waals surface area contributed by atoms with Crippen LogP contribution in [0, 0.1) is 6.92 Å². The number of benzene rings is 3. The van der Waals surface area contributed by atoms with Crippen LogP contribution < -0.4 is 20.1 Å². The Bertz CT molecular complexity index is 1400. The van der Waals surface area contributed by atoms with E-state index in [0.29, 0.717) is 28.5 Å². The molecule has 1 heterocycles.